The smallest absolute Gasteiger partial charge is 0.258 e. The second-order valence-electron chi connectivity index (χ2n) is 5.34. The maximum Gasteiger partial charge on any atom is 0.258 e. The molecule has 0 radical (unpaired) electrons. The summed E-state index contributed by atoms with van der Waals surface area (Å²) >= 11 is 0. The van der Waals surface area contributed by atoms with Crippen LogP contribution in [-0.2, 0) is 6.42 Å². The summed E-state index contributed by atoms with van der Waals surface area (Å²) in [6.45, 7) is 0. The summed E-state index contributed by atoms with van der Waals surface area (Å²) in [6.07, 6.45) is 1.83. The van der Waals surface area contributed by atoms with Gasteiger partial charge in [-0.05, 0) is 36.1 Å². The van der Waals surface area contributed by atoms with Crippen molar-refractivity contribution in [1.82, 2.24) is 4.90 Å². The number of phenolic OH excluding ortho intramolecular Hbond substituents is 2. The van der Waals surface area contributed by atoms with Crippen molar-refractivity contribution in [3.8, 4) is 11.5 Å². The minimum Gasteiger partial charge on any atom is -0.504 e. The molecule has 108 valence electrons. The van der Waals surface area contributed by atoms with Crippen LogP contribution in [-0.4, -0.2) is 28.1 Å². The first-order chi connectivity index (χ1) is 10.1. The third kappa shape index (κ3) is 2.23. The molecule has 2 aromatic carbocycles. The number of amides is 1. The number of aromatic hydroxyl groups is 2. The quantitative estimate of drug-likeness (QED) is 0.833. The Hall–Kier alpha value is -2.49. The first-order valence-corrected chi connectivity index (χ1v) is 6.95. The molecule has 0 saturated heterocycles. The highest BCUT2D eigenvalue weighted by molar-refractivity contribution is 5.97. The van der Waals surface area contributed by atoms with E-state index in [4.69, 9.17) is 0 Å². The molecule has 1 aliphatic carbocycles. The fourth-order valence-electron chi connectivity index (χ4n) is 2.97. The van der Waals surface area contributed by atoms with Crippen LogP contribution in [0.25, 0.3) is 0 Å². The number of carbonyl (C=O) groups is 1. The Balaban J connectivity index is 1.91. The van der Waals surface area contributed by atoms with Crippen LogP contribution in [0.5, 0.6) is 11.5 Å². The molecule has 0 saturated carbocycles. The molecule has 0 aromatic heterocycles. The van der Waals surface area contributed by atoms with Gasteiger partial charge < -0.3 is 15.1 Å². The summed E-state index contributed by atoms with van der Waals surface area (Å²) in [4.78, 5) is 14.2. The highest BCUT2D eigenvalue weighted by atomic mass is 16.3. The van der Waals surface area contributed by atoms with Crippen LogP contribution in [0, 0.1) is 0 Å². The maximum atomic E-state index is 12.6. The van der Waals surface area contributed by atoms with E-state index in [0.29, 0.717) is 0 Å². The fourth-order valence-corrected chi connectivity index (χ4v) is 2.97. The zero-order valence-electron chi connectivity index (χ0n) is 11.8. The highest BCUT2D eigenvalue weighted by Gasteiger charge is 2.30. The molecule has 2 aromatic rings. The van der Waals surface area contributed by atoms with E-state index in [1.54, 1.807) is 18.0 Å². The summed E-state index contributed by atoms with van der Waals surface area (Å²) in [5.41, 5.74) is 2.55. The molecule has 1 aliphatic rings. The standard InChI is InChI=1S/C17H17NO3/c1-18(14-10-9-11-5-2-3-6-12(11)14)17(21)13-7-4-8-15(19)16(13)20/h2-8,14,19-20H,9-10H2,1H3/t14-/m1/s1. The zero-order chi connectivity index (χ0) is 15.0. The molecule has 21 heavy (non-hydrogen) atoms. The largest absolute Gasteiger partial charge is 0.504 e. The average Bonchev–Trinajstić information content (AvgIpc) is 2.92. The Morgan fingerprint density at radius 2 is 1.90 bits per heavy atom. The number of fused-ring (bicyclic) bond motifs is 1. The third-order valence-electron chi connectivity index (χ3n) is 4.13. The van der Waals surface area contributed by atoms with Gasteiger partial charge in [0.05, 0.1) is 11.6 Å². The van der Waals surface area contributed by atoms with E-state index in [2.05, 4.69) is 6.07 Å². The molecular formula is C17H17NO3. The van der Waals surface area contributed by atoms with Crippen LogP contribution in [0.3, 0.4) is 0 Å². The van der Waals surface area contributed by atoms with E-state index in [0.717, 1.165) is 18.4 Å². The summed E-state index contributed by atoms with van der Waals surface area (Å²) in [5.74, 6) is -0.924. The van der Waals surface area contributed by atoms with Gasteiger partial charge in [-0.3, -0.25) is 4.79 Å². The van der Waals surface area contributed by atoms with Gasteiger partial charge in [-0.1, -0.05) is 30.3 Å². The van der Waals surface area contributed by atoms with Gasteiger partial charge in [-0.2, -0.15) is 0 Å². The van der Waals surface area contributed by atoms with Crippen molar-refractivity contribution in [3.63, 3.8) is 0 Å². The predicted octanol–water partition coefficient (Wildman–Crippen LogP) is 2.86. The zero-order valence-corrected chi connectivity index (χ0v) is 11.8. The van der Waals surface area contributed by atoms with Crippen LogP contribution in [0.15, 0.2) is 42.5 Å². The van der Waals surface area contributed by atoms with Crippen molar-refractivity contribution < 1.29 is 15.0 Å². The van der Waals surface area contributed by atoms with E-state index in [1.165, 1.54) is 17.7 Å². The lowest BCUT2D eigenvalue weighted by Crippen LogP contribution is -2.30. The van der Waals surface area contributed by atoms with Gasteiger partial charge in [-0.25, -0.2) is 0 Å². The Morgan fingerprint density at radius 3 is 2.71 bits per heavy atom. The van der Waals surface area contributed by atoms with E-state index in [1.807, 2.05) is 18.2 Å². The number of rotatable bonds is 2. The Kier molecular flexibility index (Phi) is 3.29. The van der Waals surface area contributed by atoms with Gasteiger partial charge in [0, 0.05) is 7.05 Å². The molecule has 0 fully saturated rings. The van der Waals surface area contributed by atoms with Gasteiger partial charge in [0.15, 0.2) is 11.5 Å². The number of para-hydroxylation sites is 1. The Morgan fingerprint density at radius 1 is 1.14 bits per heavy atom. The molecule has 3 rings (SSSR count). The number of carbonyl (C=O) groups excluding carboxylic acids is 1. The SMILES string of the molecule is CN(C(=O)c1cccc(O)c1O)[C@@H]1CCc2ccccc21. The molecule has 0 spiro atoms. The molecule has 2 N–H and O–H groups in total. The van der Waals surface area contributed by atoms with Gasteiger partial charge in [0.1, 0.15) is 0 Å². The maximum absolute atomic E-state index is 12.6. The average molecular weight is 283 g/mol. The minimum absolute atomic E-state index is 0.00967. The van der Waals surface area contributed by atoms with Crippen LogP contribution in [0.4, 0.5) is 0 Å². The molecule has 0 bridgehead atoms. The fraction of sp³-hybridized carbons (Fsp3) is 0.235. The third-order valence-corrected chi connectivity index (χ3v) is 4.13. The molecule has 0 heterocycles. The second-order valence-corrected chi connectivity index (χ2v) is 5.34. The van der Waals surface area contributed by atoms with Crippen molar-refractivity contribution >= 4 is 5.91 Å². The van der Waals surface area contributed by atoms with E-state index in [9.17, 15) is 15.0 Å². The van der Waals surface area contributed by atoms with Gasteiger partial charge in [0.2, 0.25) is 0 Å². The molecule has 4 nitrogen and oxygen atoms in total. The number of hydrogen-bond acceptors (Lipinski definition) is 3. The number of nitrogens with zero attached hydrogens (tertiary/aromatic N) is 1. The monoisotopic (exact) mass is 283 g/mol. The Labute approximate surface area is 123 Å². The van der Waals surface area contributed by atoms with E-state index >= 15 is 0 Å². The van der Waals surface area contributed by atoms with Crippen molar-refractivity contribution in [3.05, 3.63) is 59.2 Å². The minimum atomic E-state index is -0.361. The van der Waals surface area contributed by atoms with Crippen molar-refractivity contribution in [2.45, 2.75) is 18.9 Å². The van der Waals surface area contributed by atoms with Crippen molar-refractivity contribution in [1.29, 1.82) is 0 Å². The molecule has 1 atom stereocenters. The summed E-state index contributed by atoms with van der Waals surface area (Å²) in [6, 6.07) is 12.5. The summed E-state index contributed by atoms with van der Waals surface area (Å²) < 4.78 is 0. The lowest BCUT2D eigenvalue weighted by molar-refractivity contribution is 0.0727. The van der Waals surface area contributed by atoms with Crippen LogP contribution >= 0.6 is 0 Å². The van der Waals surface area contributed by atoms with Crippen LogP contribution in [0.1, 0.15) is 33.9 Å². The first-order valence-electron chi connectivity index (χ1n) is 6.95. The molecular weight excluding hydrogens is 266 g/mol. The lowest BCUT2D eigenvalue weighted by atomic mass is 10.1. The number of aryl methyl sites for hydroxylation is 1. The lowest BCUT2D eigenvalue weighted by Gasteiger charge is -2.26. The molecule has 1 amide bonds. The summed E-state index contributed by atoms with van der Waals surface area (Å²) in [7, 11) is 1.73. The molecule has 0 aliphatic heterocycles. The van der Waals surface area contributed by atoms with Crippen LogP contribution in [0.2, 0.25) is 0 Å². The van der Waals surface area contributed by atoms with E-state index in [-0.39, 0.29) is 29.0 Å². The molecule has 4 heteroatoms. The highest BCUT2D eigenvalue weighted by Crippen LogP contribution is 2.37. The molecule has 0 unspecified atom stereocenters. The van der Waals surface area contributed by atoms with Crippen molar-refractivity contribution in [2.75, 3.05) is 7.05 Å². The number of phenols is 2. The second kappa shape index (κ2) is 5.13. The first kappa shape index (κ1) is 13.5. The number of hydrogen-bond donors (Lipinski definition) is 2. The normalized spacial score (nSPS) is 16.5. The van der Waals surface area contributed by atoms with Crippen LogP contribution < -0.4 is 0 Å². The van der Waals surface area contributed by atoms with Crippen molar-refractivity contribution in [2.24, 2.45) is 0 Å². The van der Waals surface area contributed by atoms with E-state index < -0.39 is 0 Å². The Bertz CT molecular complexity index is 696. The summed E-state index contributed by atoms with van der Waals surface area (Å²) in [5, 5.41) is 19.4. The van der Waals surface area contributed by atoms with Gasteiger partial charge >= 0.3 is 0 Å². The van der Waals surface area contributed by atoms with Gasteiger partial charge in [0.25, 0.3) is 5.91 Å². The topological polar surface area (TPSA) is 60.8 Å². The van der Waals surface area contributed by atoms with Gasteiger partial charge in [-0.15, -0.1) is 0 Å². The number of benzene rings is 2. The predicted molar refractivity (Wildman–Crippen MR) is 79.4 cm³/mol.